The third kappa shape index (κ3) is 3.82. The standard InChI is InChI=1S/C18H22FNO/c1-4-17(16-7-5-6-8-18(16)21-3)20-12-14-11-15(19)10-9-13(14)2/h5-11,17,20H,4,12H2,1-3H3. The summed E-state index contributed by atoms with van der Waals surface area (Å²) in [4.78, 5) is 0. The molecule has 0 saturated carbocycles. The van der Waals surface area contributed by atoms with Gasteiger partial charge in [-0.25, -0.2) is 4.39 Å². The number of halogens is 1. The van der Waals surface area contributed by atoms with Crippen LogP contribution >= 0.6 is 0 Å². The summed E-state index contributed by atoms with van der Waals surface area (Å²) in [6.07, 6.45) is 0.939. The maximum absolute atomic E-state index is 13.3. The van der Waals surface area contributed by atoms with E-state index in [9.17, 15) is 4.39 Å². The monoisotopic (exact) mass is 287 g/mol. The molecule has 1 atom stereocenters. The molecule has 0 radical (unpaired) electrons. The number of hydrogen-bond donors (Lipinski definition) is 1. The van der Waals surface area contributed by atoms with Gasteiger partial charge in [0.15, 0.2) is 0 Å². The molecule has 2 rings (SSSR count). The van der Waals surface area contributed by atoms with Gasteiger partial charge in [0.1, 0.15) is 11.6 Å². The summed E-state index contributed by atoms with van der Waals surface area (Å²) in [6.45, 7) is 4.77. The Morgan fingerprint density at radius 1 is 1.19 bits per heavy atom. The average molecular weight is 287 g/mol. The minimum atomic E-state index is -0.192. The first-order chi connectivity index (χ1) is 10.2. The zero-order chi connectivity index (χ0) is 15.2. The lowest BCUT2D eigenvalue weighted by atomic mass is 10.0. The van der Waals surface area contributed by atoms with E-state index in [1.165, 1.54) is 6.07 Å². The van der Waals surface area contributed by atoms with Crippen LogP contribution in [-0.4, -0.2) is 7.11 Å². The van der Waals surface area contributed by atoms with E-state index in [-0.39, 0.29) is 11.9 Å². The van der Waals surface area contributed by atoms with E-state index in [2.05, 4.69) is 18.3 Å². The van der Waals surface area contributed by atoms with Gasteiger partial charge in [0.25, 0.3) is 0 Å². The summed E-state index contributed by atoms with van der Waals surface area (Å²) in [6, 6.07) is 13.1. The number of hydrogen-bond acceptors (Lipinski definition) is 2. The second-order valence-electron chi connectivity index (χ2n) is 5.15. The summed E-state index contributed by atoms with van der Waals surface area (Å²) in [5.41, 5.74) is 3.22. The van der Waals surface area contributed by atoms with E-state index in [1.54, 1.807) is 13.2 Å². The Morgan fingerprint density at radius 3 is 2.67 bits per heavy atom. The quantitative estimate of drug-likeness (QED) is 0.851. The van der Waals surface area contributed by atoms with E-state index in [0.717, 1.165) is 28.9 Å². The van der Waals surface area contributed by atoms with Crippen molar-refractivity contribution in [2.24, 2.45) is 0 Å². The Labute approximate surface area is 126 Å². The Kier molecular flexibility index (Phi) is 5.34. The first kappa shape index (κ1) is 15.5. The molecule has 1 N–H and O–H groups in total. The zero-order valence-corrected chi connectivity index (χ0v) is 12.8. The highest BCUT2D eigenvalue weighted by atomic mass is 19.1. The molecule has 0 aromatic heterocycles. The van der Waals surface area contributed by atoms with Crippen LogP contribution < -0.4 is 10.1 Å². The molecule has 0 spiro atoms. The van der Waals surface area contributed by atoms with Gasteiger partial charge in [-0.2, -0.15) is 0 Å². The molecule has 3 heteroatoms. The Morgan fingerprint density at radius 2 is 1.95 bits per heavy atom. The maximum Gasteiger partial charge on any atom is 0.123 e. The average Bonchev–Trinajstić information content (AvgIpc) is 2.51. The second-order valence-corrected chi connectivity index (χ2v) is 5.15. The van der Waals surface area contributed by atoms with Crippen molar-refractivity contribution in [2.45, 2.75) is 32.9 Å². The number of methoxy groups -OCH3 is 1. The first-order valence-electron chi connectivity index (χ1n) is 7.27. The van der Waals surface area contributed by atoms with Crippen molar-refractivity contribution in [2.75, 3.05) is 7.11 Å². The fraction of sp³-hybridized carbons (Fsp3) is 0.333. The van der Waals surface area contributed by atoms with Gasteiger partial charge in [-0.3, -0.25) is 0 Å². The molecular weight excluding hydrogens is 265 g/mol. The van der Waals surface area contributed by atoms with Gasteiger partial charge < -0.3 is 10.1 Å². The normalized spacial score (nSPS) is 12.2. The molecule has 0 amide bonds. The molecular formula is C18H22FNO. The Hall–Kier alpha value is -1.87. The summed E-state index contributed by atoms with van der Waals surface area (Å²) in [5, 5.41) is 3.50. The van der Waals surface area contributed by atoms with Crippen LogP contribution in [0.3, 0.4) is 0 Å². The van der Waals surface area contributed by atoms with Gasteiger partial charge in [-0.15, -0.1) is 0 Å². The van der Waals surface area contributed by atoms with Gasteiger partial charge in [0.05, 0.1) is 7.11 Å². The van der Waals surface area contributed by atoms with Crippen LogP contribution in [-0.2, 0) is 6.54 Å². The van der Waals surface area contributed by atoms with E-state index < -0.39 is 0 Å². The van der Waals surface area contributed by atoms with Crippen molar-refractivity contribution in [3.63, 3.8) is 0 Å². The highest BCUT2D eigenvalue weighted by molar-refractivity contribution is 5.36. The molecule has 112 valence electrons. The van der Waals surface area contributed by atoms with E-state index in [4.69, 9.17) is 4.74 Å². The Balaban J connectivity index is 2.14. The van der Waals surface area contributed by atoms with Crippen LogP contribution in [0.5, 0.6) is 5.75 Å². The van der Waals surface area contributed by atoms with Gasteiger partial charge in [-0.1, -0.05) is 31.2 Å². The zero-order valence-electron chi connectivity index (χ0n) is 12.8. The molecule has 0 bridgehead atoms. The van der Waals surface area contributed by atoms with Gasteiger partial charge in [0.2, 0.25) is 0 Å². The Bertz CT molecular complexity index is 598. The number of benzene rings is 2. The van der Waals surface area contributed by atoms with Gasteiger partial charge in [0, 0.05) is 18.2 Å². The lowest BCUT2D eigenvalue weighted by Crippen LogP contribution is -2.21. The third-order valence-electron chi connectivity index (χ3n) is 3.77. The topological polar surface area (TPSA) is 21.3 Å². The van der Waals surface area contributed by atoms with E-state index in [1.807, 2.05) is 31.2 Å². The highest BCUT2D eigenvalue weighted by Crippen LogP contribution is 2.27. The molecule has 0 aliphatic rings. The van der Waals surface area contributed by atoms with Crippen molar-refractivity contribution in [1.82, 2.24) is 5.32 Å². The molecule has 2 aromatic rings. The molecule has 0 fully saturated rings. The van der Waals surface area contributed by atoms with Crippen LogP contribution in [0.15, 0.2) is 42.5 Å². The predicted molar refractivity (Wildman–Crippen MR) is 84.0 cm³/mol. The van der Waals surface area contributed by atoms with Crippen molar-refractivity contribution in [1.29, 1.82) is 0 Å². The number of ether oxygens (including phenoxy) is 1. The summed E-state index contributed by atoms with van der Waals surface area (Å²) in [7, 11) is 1.68. The molecule has 0 saturated heterocycles. The number of aryl methyl sites for hydroxylation is 1. The minimum absolute atomic E-state index is 0.184. The molecule has 2 nitrogen and oxygen atoms in total. The fourth-order valence-corrected chi connectivity index (χ4v) is 2.49. The lowest BCUT2D eigenvalue weighted by molar-refractivity contribution is 0.396. The van der Waals surface area contributed by atoms with Crippen LogP contribution in [0, 0.1) is 12.7 Å². The van der Waals surface area contributed by atoms with E-state index >= 15 is 0 Å². The maximum atomic E-state index is 13.3. The SMILES string of the molecule is CCC(NCc1cc(F)ccc1C)c1ccccc1OC. The van der Waals surface area contributed by atoms with Crippen molar-refractivity contribution >= 4 is 0 Å². The molecule has 2 aromatic carbocycles. The molecule has 21 heavy (non-hydrogen) atoms. The van der Waals surface area contributed by atoms with Gasteiger partial charge >= 0.3 is 0 Å². The van der Waals surface area contributed by atoms with E-state index in [0.29, 0.717) is 6.54 Å². The summed E-state index contributed by atoms with van der Waals surface area (Å²) in [5.74, 6) is 0.690. The fourth-order valence-electron chi connectivity index (χ4n) is 2.49. The summed E-state index contributed by atoms with van der Waals surface area (Å²) < 4.78 is 18.8. The largest absolute Gasteiger partial charge is 0.496 e. The molecule has 0 aliphatic carbocycles. The summed E-state index contributed by atoms with van der Waals surface area (Å²) >= 11 is 0. The van der Waals surface area contributed by atoms with Crippen LogP contribution in [0.4, 0.5) is 4.39 Å². The van der Waals surface area contributed by atoms with Crippen LogP contribution in [0.1, 0.15) is 36.1 Å². The van der Waals surface area contributed by atoms with Crippen molar-refractivity contribution in [3.8, 4) is 5.75 Å². The molecule has 0 heterocycles. The van der Waals surface area contributed by atoms with Crippen LogP contribution in [0.25, 0.3) is 0 Å². The minimum Gasteiger partial charge on any atom is -0.496 e. The lowest BCUT2D eigenvalue weighted by Gasteiger charge is -2.20. The number of nitrogens with one attached hydrogen (secondary N) is 1. The molecule has 0 aliphatic heterocycles. The van der Waals surface area contributed by atoms with Gasteiger partial charge in [-0.05, 0) is 42.7 Å². The molecule has 1 unspecified atom stereocenters. The second kappa shape index (κ2) is 7.23. The smallest absolute Gasteiger partial charge is 0.123 e. The highest BCUT2D eigenvalue weighted by Gasteiger charge is 2.13. The predicted octanol–water partition coefficient (Wildman–Crippen LogP) is 4.38. The van der Waals surface area contributed by atoms with Crippen molar-refractivity contribution < 1.29 is 9.13 Å². The van der Waals surface area contributed by atoms with Crippen LogP contribution in [0.2, 0.25) is 0 Å². The first-order valence-corrected chi connectivity index (χ1v) is 7.27. The number of para-hydroxylation sites is 1. The van der Waals surface area contributed by atoms with Crippen molar-refractivity contribution in [3.05, 3.63) is 65.0 Å². The number of rotatable bonds is 6. The third-order valence-corrected chi connectivity index (χ3v) is 3.77.